The molecule has 0 spiro atoms. The van der Waals surface area contributed by atoms with Crippen LogP contribution >= 0.6 is 11.3 Å². The lowest BCUT2D eigenvalue weighted by Gasteiger charge is -2.18. The maximum atomic E-state index is 8.08. The molecule has 0 nitrogen and oxygen atoms in total. The van der Waals surface area contributed by atoms with Gasteiger partial charge in [-0.05, 0) is 89.0 Å². The minimum absolute atomic E-state index is 0.536. The van der Waals surface area contributed by atoms with Gasteiger partial charge in [0.15, 0.2) is 0 Å². The predicted octanol–water partition coefficient (Wildman–Crippen LogP) is 14.2. The number of thiophene rings is 1. The van der Waals surface area contributed by atoms with Crippen LogP contribution in [0.15, 0.2) is 182 Å². The van der Waals surface area contributed by atoms with Gasteiger partial charge in [0, 0.05) is 20.2 Å². The molecule has 1 heterocycles. The summed E-state index contributed by atoms with van der Waals surface area (Å²) < 4.78 is 10.7. The van der Waals surface area contributed by atoms with Crippen LogP contribution in [-0.2, 0) is 0 Å². The van der Waals surface area contributed by atoms with Crippen LogP contribution in [0.5, 0.6) is 0 Å². The Morgan fingerprint density at radius 3 is 1.63 bits per heavy atom. The van der Waals surface area contributed by atoms with Gasteiger partial charge in [-0.15, -0.1) is 11.3 Å². The lowest BCUT2D eigenvalue weighted by Crippen LogP contribution is -1.91. The van der Waals surface area contributed by atoms with Gasteiger partial charge in [0.2, 0.25) is 0 Å². The van der Waals surface area contributed by atoms with Gasteiger partial charge in [0.1, 0.15) is 0 Å². The zero-order valence-corrected chi connectivity index (χ0v) is 27.5. The summed E-state index contributed by atoms with van der Waals surface area (Å²) >= 11 is 1.89. The quantitative estimate of drug-likeness (QED) is 0.168. The Hall–Kier alpha value is -6.02. The third-order valence-electron chi connectivity index (χ3n) is 10.0. The molecule has 49 heavy (non-hydrogen) atoms. The Balaban J connectivity index is 1.16. The molecule has 0 bridgehead atoms. The van der Waals surface area contributed by atoms with E-state index in [2.05, 4.69) is 164 Å². The lowest BCUT2D eigenvalue weighted by molar-refractivity contribution is 1.63. The van der Waals surface area contributed by atoms with Crippen molar-refractivity contribution in [3.05, 3.63) is 182 Å². The van der Waals surface area contributed by atoms with E-state index in [9.17, 15) is 0 Å². The second-order valence-corrected chi connectivity index (χ2v) is 13.8. The fourth-order valence-electron chi connectivity index (χ4n) is 7.76. The van der Waals surface area contributed by atoms with Crippen LogP contribution in [-0.4, -0.2) is 0 Å². The largest absolute Gasteiger partial charge is 0.135 e. The lowest BCUT2D eigenvalue weighted by atomic mass is 9.85. The zero-order chi connectivity index (χ0) is 33.2. The van der Waals surface area contributed by atoms with Gasteiger partial charge in [-0.3, -0.25) is 0 Å². The van der Waals surface area contributed by atoms with Crippen molar-refractivity contribution in [1.82, 2.24) is 0 Å². The molecule has 228 valence electrons. The standard InChI is InChI=1S/C48H30S/c1-2-13-32(14-3-1)38-29-28-37(47-43-20-10-11-21-44(43)49-48(38)47)33-23-25-34(26-24-33)45-39-16-6-8-18-41(39)46(42-19-9-7-17-40(42)45)36-27-22-31-12-4-5-15-35(31)30-36/h1-30H/i4D. The highest BCUT2D eigenvalue weighted by molar-refractivity contribution is 7.26. The molecule has 0 fully saturated rings. The third-order valence-corrected chi connectivity index (χ3v) is 11.2. The van der Waals surface area contributed by atoms with E-state index in [-0.39, 0.29) is 0 Å². The topological polar surface area (TPSA) is 0 Å². The molecule has 0 amide bonds. The molecule has 0 unspecified atom stereocenters. The van der Waals surface area contributed by atoms with Crippen molar-refractivity contribution in [3.8, 4) is 44.5 Å². The second-order valence-electron chi connectivity index (χ2n) is 12.7. The van der Waals surface area contributed by atoms with Crippen molar-refractivity contribution in [1.29, 1.82) is 0 Å². The fourth-order valence-corrected chi connectivity index (χ4v) is 9.03. The average molecular weight is 640 g/mol. The van der Waals surface area contributed by atoms with E-state index in [4.69, 9.17) is 1.37 Å². The maximum absolute atomic E-state index is 8.08. The molecule has 1 aromatic heterocycles. The zero-order valence-electron chi connectivity index (χ0n) is 27.7. The van der Waals surface area contributed by atoms with Gasteiger partial charge >= 0.3 is 0 Å². The highest BCUT2D eigenvalue weighted by Gasteiger charge is 2.18. The van der Waals surface area contributed by atoms with Crippen LogP contribution in [0.4, 0.5) is 0 Å². The first-order valence-electron chi connectivity index (χ1n) is 17.3. The molecular weight excluding hydrogens is 609 g/mol. The first-order chi connectivity index (χ1) is 24.7. The molecule has 0 atom stereocenters. The van der Waals surface area contributed by atoms with Crippen molar-refractivity contribution >= 4 is 63.8 Å². The molecule has 9 aromatic carbocycles. The summed E-state index contributed by atoms with van der Waals surface area (Å²) in [4.78, 5) is 0. The van der Waals surface area contributed by atoms with Crippen molar-refractivity contribution in [2.24, 2.45) is 0 Å². The Labute approximate surface area is 290 Å². The van der Waals surface area contributed by atoms with Gasteiger partial charge in [-0.1, -0.05) is 170 Å². The molecule has 0 radical (unpaired) electrons. The van der Waals surface area contributed by atoms with Crippen LogP contribution in [0.1, 0.15) is 1.37 Å². The fraction of sp³-hybridized carbons (Fsp3) is 0. The second kappa shape index (κ2) is 11.3. The monoisotopic (exact) mass is 639 g/mol. The van der Waals surface area contributed by atoms with Crippen molar-refractivity contribution in [2.75, 3.05) is 0 Å². The summed E-state index contributed by atoms with van der Waals surface area (Å²) in [5.74, 6) is 0. The van der Waals surface area contributed by atoms with Crippen LogP contribution in [0.25, 0.3) is 97.0 Å². The van der Waals surface area contributed by atoms with Crippen LogP contribution in [0.3, 0.4) is 0 Å². The number of hydrogen-bond donors (Lipinski definition) is 0. The predicted molar refractivity (Wildman–Crippen MR) is 214 cm³/mol. The number of rotatable bonds is 4. The van der Waals surface area contributed by atoms with Crippen molar-refractivity contribution in [2.45, 2.75) is 0 Å². The van der Waals surface area contributed by atoms with E-state index in [1.807, 2.05) is 23.5 Å². The molecule has 0 saturated heterocycles. The summed E-state index contributed by atoms with van der Waals surface area (Å²) in [6.07, 6.45) is 0. The van der Waals surface area contributed by atoms with Gasteiger partial charge in [-0.25, -0.2) is 0 Å². The van der Waals surface area contributed by atoms with Gasteiger partial charge in [0.05, 0.1) is 1.37 Å². The summed E-state index contributed by atoms with van der Waals surface area (Å²) in [5.41, 5.74) is 9.93. The molecule has 10 rings (SSSR count). The number of benzene rings is 9. The van der Waals surface area contributed by atoms with Crippen molar-refractivity contribution < 1.29 is 1.37 Å². The Morgan fingerprint density at radius 2 is 0.918 bits per heavy atom. The molecule has 0 saturated carbocycles. The Bertz CT molecular complexity index is 2860. The van der Waals surface area contributed by atoms with Crippen LogP contribution < -0.4 is 0 Å². The maximum Gasteiger partial charge on any atom is 0.0623 e. The minimum Gasteiger partial charge on any atom is -0.135 e. The summed E-state index contributed by atoms with van der Waals surface area (Å²) in [7, 11) is 0. The molecular formula is C48H30S. The van der Waals surface area contributed by atoms with Gasteiger partial charge < -0.3 is 0 Å². The first kappa shape index (κ1) is 27.0. The summed E-state index contributed by atoms with van der Waals surface area (Å²) in [5, 5.41) is 9.85. The van der Waals surface area contributed by atoms with E-state index >= 15 is 0 Å². The average Bonchev–Trinajstić information content (AvgIpc) is 3.57. The van der Waals surface area contributed by atoms with E-state index in [1.165, 1.54) is 86.2 Å². The highest BCUT2D eigenvalue weighted by atomic mass is 32.1. The molecule has 0 aliphatic carbocycles. The molecule has 10 aromatic rings. The summed E-state index contributed by atoms with van der Waals surface area (Å²) in [6.45, 7) is 0. The molecule has 0 aliphatic rings. The summed E-state index contributed by atoms with van der Waals surface area (Å²) in [6, 6.07) is 64.1. The third kappa shape index (κ3) is 4.51. The van der Waals surface area contributed by atoms with E-state index in [0.717, 1.165) is 10.8 Å². The molecule has 1 heteroatoms. The smallest absolute Gasteiger partial charge is 0.0623 e. The highest BCUT2D eigenvalue weighted by Crippen LogP contribution is 2.47. The van der Waals surface area contributed by atoms with E-state index < -0.39 is 0 Å². The SMILES string of the molecule is [2H]c1ccc2cc(-c3c4ccccc4c(-c4ccc(-c5ccc(-c6ccccc6)c6sc7ccccc7c56)cc4)c4ccccc34)ccc2c1. The normalized spacial score (nSPS) is 12.0. The number of fused-ring (bicyclic) bond motifs is 6. The van der Waals surface area contributed by atoms with Crippen LogP contribution in [0.2, 0.25) is 0 Å². The van der Waals surface area contributed by atoms with Gasteiger partial charge in [0.25, 0.3) is 0 Å². The minimum atomic E-state index is 0.536. The van der Waals surface area contributed by atoms with E-state index in [1.54, 1.807) is 0 Å². The van der Waals surface area contributed by atoms with Gasteiger partial charge in [-0.2, -0.15) is 0 Å². The first-order valence-corrected chi connectivity index (χ1v) is 17.6. The van der Waals surface area contributed by atoms with Crippen LogP contribution in [0, 0.1) is 0 Å². The number of hydrogen-bond acceptors (Lipinski definition) is 1. The molecule has 0 aliphatic heterocycles. The Morgan fingerprint density at radius 1 is 0.367 bits per heavy atom. The molecule has 0 N–H and O–H groups in total. The van der Waals surface area contributed by atoms with Crippen molar-refractivity contribution in [3.63, 3.8) is 0 Å². The van der Waals surface area contributed by atoms with E-state index in [0.29, 0.717) is 6.04 Å². The Kier molecular flexibility index (Phi) is 6.22.